The van der Waals surface area contributed by atoms with Crippen LogP contribution in [0.4, 0.5) is 0 Å². The summed E-state index contributed by atoms with van der Waals surface area (Å²) in [6, 6.07) is 9.97. The highest BCUT2D eigenvalue weighted by atomic mass is 31.1. The first-order chi connectivity index (χ1) is 6.46. The Bertz CT molecular complexity index is 280. The molecule has 1 aromatic rings. The van der Waals surface area contributed by atoms with Gasteiger partial charge >= 0.3 is 0 Å². The van der Waals surface area contributed by atoms with E-state index < -0.39 is 8.15 Å². The van der Waals surface area contributed by atoms with Crippen molar-refractivity contribution in [1.82, 2.24) is 0 Å². The molecule has 0 saturated heterocycles. The molecule has 0 amide bonds. The number of hydrogen-bond donors (Lipinski definition) is 1. The maximum absolute atomic E-state index is 10.3. The first-order valence-corrected chi connectivity index (χ1v) is 6.30. The van der Waals surface area contributed by atoms with E-state index in [-0.39, 0.29) is 5.16 Å². The summed E-state index contributed by atoms with van der Waals surface area (Å²) in [7, 11) is -1.06. The zero-order chi connectivity index (χ0) is 10.8. The van der Waals surface area contributed by atoms with Crippen LogP contribution in [0.1, 0.15) is 27.7 Å². The van der Waals surface area contributed by atoms with Crippen LogP contribution in [-0.2, 0) is 0 Å². The van der Waals surface area contributed by atoms with Gasteiger partial charge in [-0.05, 0) is 5.92 Å². The van der Waals surface area contributed by atoms with Gasteiger partial charge in [0.05, 0.1) is 8.15 Å². The van der Waals surface area contributed by atoms with E-state index in [9.17, 15) is 4.89 Å². The van der Waals surface area contributed by atoms with Crippen molar-refractivity contribution in [1.29, 1.82) is 0 Å². The van der Waals surface area contributed by atoms with Gasteiger partial charge in [-0.25, -0.2) is 0 Å². The quantitative estimate of drug-likeness (QED) is 0.760. The molecule has 1 unspecified atom stereocenters. The number of rotatable bonds is 3. The van der Waals surface area contributed by atoms with Crippen molar-refractivity contribution in [3.05, 3.63) is 30.3 Å². The van der Waals surface area contributed by atoms with Gasteiger partial charge in [0.1, 0.15) is 0 Å². The average molecular weight is 210 g/mol. The van der Waals surface area contributed by atoms with Crippen molar-refractivity contribution in [2.24, 2.45) is 5.92 Å². The molecule has 0 fully saturated rings. The van der Waals surface area contributed by atoms with Crippen molar-refractivity contribution in [2.45, 2.75) is 32.9 Å². The Labute approximate surface area is 88.0 Å². The third kappa shape index (κ3) is 2.34. The van der Waals surface area contributed by atoms with Gasteiger partial charge < -0.3 is 4.89 Å². The number of benzene rings is 1. The van der Waals surface area contributed by atoms with Crippen molar-refractivity contribution in [3.63, 3.8) is 0 Å². The van der Waals surface area contributed by atoms with Gasteiger partial charge in [-0.3, -0.25) is 0 Å². The van der Waals surface area contributed by atoms with Gasteiger partial charge in [-0.15, -0.1) is 0 Å². The second-order valence-corrected chi connectivity index (χ2v) is 6.75. The topological polar surface area (TPSA) is 20.2 Å². The smallest absolute Gasteiger partial charge is 0.0623 e. The van der Waals surface area contributed by atoms with Gasteiger partial charge in [-0.2, -0.15) is 0 Å². The fourth-order valence-electron chi connectivity index (χ4n) is 1.15. The first kappa shape index (κ1) is 11.7. The molecule has 0 aliphatic heterocycles. The maximum atomic E-state index is 10.3. The van der Waals surface area contributed by atoms with Crippen molar-refractivity contribution >= 4 is 13.5 Å². The summed E-state index contributed by atoms with van der Waals surface area (Å²) in [6.45, 7) is 8.59. The molecule has 0 aliphatic rings. The molecular weight excluding hydrogens is 191 g/mol. The average Bonchev–Trinajstić information content (AvgIpc) is 2.17. The molecule has 0 spiro atoms. The molecule has 1 N–H and O–H groups in total. The van der Waals surface area contributed by atoms with Gasteiger partial charge in [-0.1, -0.05) is 58.0 Å². The second kappa shape index (κ2) is 4.42. The van der Waals surface area contributed by atoms with E-state index >= 15 is 0 Å². The molecule has 0 aromatic heterocycles. The molecular formula is C12H19OP. The Morgan fingerprint density at radius 3 is 2.07 bits per heavy atom. The fraction of sp³-hybridized carbons (Fsp3) is 0.500. The third-order valence-corrected chi connectivity index (χ3v) is 5.36. The van der Waals surface area contributed by atoms with Gasteiger partial charge in [0.25, 0.3) is 0 Å². The Kier molecular flexibility index (Phi) is 3.69. The molecule has 1 rings (SSSR count). The van der Waals surface area contributed by atoms with Crippen LogP contribution in [0.2, 0.25) is 0 Å². The third-order valence-electron chi connectivity index (χ3n) is 2.96. The predicted molar refractivity (Wildman–Crippen MR) is 64.1 cm³/mol. The van der Waals surface area contributed by atoms with E-state index in [4.69, 9.17) is 0 Å². The van der Waals surface area contributed by atoms with Gasteiger partial charge in [0, 0.05) is 10.5 Å². The SMILES string of the molecule is CC(C)C(C)(C)P(O)c1ccccc1. The van der Waals surface area contributed by atoms with Crippen LogP contribution in [0.25, 0.3) is 0 Å². The largest absolute Gasteiger partial charge is 0.368 e. The summed E-state index contributed by atoms with van der Waals surface area (Å²) in [5.74, 6) is 0.485. The highest BCUT2D eigenvalue weighted by molar-refractivity contribution is 7.61. The molecule has 0 bridgehead atoms. The molecule has 0 heterocycles. The van der Waals surface area contributed by atoms with E-state index in [1.807, 2.05) is 30.3 Å². The first-order valence-electron chi connectivity index (χ1n) is 5.00. The van der Waals surface area contributed by atoms with Crippen LogP contribution in [0.3, 0.4) is 0 Å². The minimum atomic E-state index is -1.06. The minimum absolute atomic E-state index is 0.0172. The summed E-state index contributed by atoms with van der Waals surface area (Å²) in [5.41, 5.74) is 0. The van der Waals surface area contributed by atoms with Crippen molar-refractivity contribution < 1.29 is 4.89 Å². The molecule has 2 heteroatoms. The van der Waals surface area contributed by atoms with Crippen molar-refractivity contribution in [3.8, 4) is 0 Å². The molecule has 1 nitrogen and oxygen atoms in total. The van der Waals surface area contributed by atoms with E-state index in [0.29, 0.717) is 5.92 Å². The zero-order valence-corrected chi connectivity index (χ0v) is 10.3. The molecule has 0 radical (unpaired) electrons. The van der Waals surface area contributed by atoms with E-state index in [1.54, 1.807) is 0 Å². The Hall–Kier alpha value is -0.390. The summed E-state index contributed by atoms with van der Waals surface area (Å²) in [6.07, 6.45) is 0. The van der Waals surface area contributed by atoms with Crippen LogP contribution in [0.15, 0.2) is 30.3 Å². The second-order valence-electron chi connectivity index (χ2n) is 4.46. The van der Waals surface area contributed by atoms with Crippen LogP contribution in [0, 0.1) is 5.92 Å². The van der Waals surface area contributed by atoms with Crippen LogP contribution >= 0.6 is 8.15 Å². The van der Waals surface area contributed by atoms with Crippen molar-refractivity contribution in [2.75, 3.05) is 0 Å². The van der Waals surface area contributed by atoms with Crippen LogP contribution in [0.5, 0.6) is 0 Å². The Morgan fingerprint density at radius 1 is 1.14 bits per heavy atom. The summed E-state index contributed by atoms with van der Waals surface area (Å²) < 4.78 is 0. The summed E-state index contributed by atoms with van der Waals surface area (Å²) >= 11 is 0. The molecule has 14 heavy (non-hydrogen) atoms. The molecule has 1 aromatic carbocycles. The lowest BCUT2D eigenvalue weighted by Crippen LogP contribution is -2.28. The monoisotopic (exact) mass is 210 g/mol. The minimum Gasteiger partial charge on any atom is -0.368 e. The van der Waals surface area contributed by atoms with Crippen LogP contribution in [-0.4, -0.2) is 10.0 Å². The lowest BCUT2D eigenvalue weighted by molar-refractivity contribution is 0.458. The van der Waals surface area contributed by atoms with E-state index in [1.165, 1.54) is 0 Å². The lowest BCUT2D eigenvalue weighted by atomic mass is 10.00. The Balaban J connectivity index is 2.90. The van der Waals surface area contributed by atoms with Gasteiger partial charge in [0.15, 0.2) is 0 Å². The Morgan fingerprint density at radius 2 is 1.64 bits per heavy atom. The summed E-state index contributed by atoms with van der Waals surface area (Å²) in [5, 5.41) is 1.05. The van der Waals surface area contributed by atoms with E-state index in [2.05, 4.69) is 27.7 Å². The number of hydrogen-bond acceptors (Lipinski definition) is 1. The lowest BCUT2D eigenvalue weighted by Gasteiger charge is -2.34. The highest BCUT2D eigenvalue weighted by Gasteiger charge is 2.32. The predicted octanol–water partition coefficient (Wildman–Crippen LogP) is 3.14. The zero-order valence-electron chi connectivity index (χ0n) is 9.36. The van der Waals surface area contributed by atoms with E-state index in [0.717, 1.165) is 5.30 Å². The molecule has 0 saturated carbocycles. The highest BCUT2D eigenvalue weighted by Crippen LogP contribution is 2.48. The molecule has 1 atom stereocenters. The standard InChI is InChI=1S/C12H19OP/c1-10(2)12(3,4)14(13)11-8-6-5-7-9-11/h5-10,13H,1-4H3. The molecule has 0 aliphatic carbocycles. The van der Waals surface area contributed by atoms with Crippen LogP contribution < -0.4 is 5.30 Å². The summed E-state index contributed by atoms with van der Waals surface area (Å²) in [4.78, 5) is 10.3. The van der Waals surface area contributed by atoms with Gasteiger partial charge in [0.2, 0.25) is 0 Å². The maximum Gasteiger partial charge on any atom is 0.0623 e. The fourth-order valence-corrected chi connectivity index (χ4v) is 2.76. The molecule has 78 valence electrons. The normalized spacial score (nSPS) is 14.4.